The van der Waals surface area contributed by atoms with E-state index < -0.39 is 10.0 Å². The van der Waals surface area contributed by atoms with Crippen molar-refractivity contribution in [2.45, 2.75) is 29.6 Å². The summed E-state index contributed by atoms with van der Waals surface area (Å²) in [6, 6.07) is 1.82. The highest BCUT2D eigenvalue weighted by atomic mass is 32.2. The largest absolute Gasteiger partial charge is 0.383 e. The summed E-state index contributed by atoms with van der Waals surface area (Å²) in [7, 11) is -1.80. The molecule has 1 aromatic heterocycles. The standard InChI is InChI=1S/C11H18N2O3S2/c1-16-5-4-13(10-2-3-10)18(14,15)11-6-9(7-12)8-17-11/h6,8,10H,2-5,7,12H2,1H3. The van der Waals surface area contributed by atoms with Gasteiger partial charge >= 0.3 is 0 Å². The Morgan fingerprint density at radius 1 is 1.56 bits per heavy atom. The van der Waals surface area contributed by atoms with E-state index in [1.165, 1.54) is 11.3 Å². The monoisotopic (exact) mass is 290 g/mol. The lowest BCUT2D eigenvalue weighted by Crippen LogP contribution is -2.35. The van der Waals surface area contributed by atoms with E-state index in [1.807, 2.05) is 0 Å². The van der Waals surface area contributed by atoms with Crippen molar-refractivity contribution in [2.75, 3.05) is 20.3 Å². The number of nitrogens with two attached hydrogens (primary N) is 1. The minimum Gasteiger partial charge on any atom is -0.383 e. The van der Waals surface area contributed by atoms with Crippen LogP contribution in [0.15, 0.2) is 15.7 Å². The Hall–Kier alpha value is -0.470. The van der Waals surface area contributed by atoms with Gasteiger partial charge < -0.3 is 10.5 Å². The van der Waals surface area contributed by atoms with Gasteiger partial charge in [0.25, 0.3) is 10.0 Å². The normalized spacial score (nSPS) is 16.4. The summed E-state index contributed by atoms with van der Waals surface area (Å²) >= 11 is 1.24. The second-order valence-electron chi connectivity index (χ2n) is 4.32. The fraction of sp³-hybridized carbons (Fsp3) is 0.636. The topological polar surface area (TPSA) is 72.6 Å². The van der Waals surface area contributed by atoms with E-state index in [9.17, 15) is 8.42 Å². The second-order valence-corrected chi connectivity index (χ2v) is 7.35. The average molecular weight is 290 g/mol. The fourth-order valence-electron chi connectivity index (χ4n) is 1.75. The average Bonchev–Trinajstić information content (AvgIpc) is 3.05. The van der Waals surface area contributed by atoms with Crippen molar-refractivity contribution in [1.82, 2.24) is 4.31 Å². The third-order valence-electron chi connectivity index (χ3n) is 2.90. The van der Waals surface area contributed by atoms with Gasteiger partial charge in [-0.3, -0.25) is 0 Å². The van der Waals surface area contributed by atoms with Crippen LogP contribution >= 0.6 is 11.3 Å². The molecule has 102 valence electrons. The van der Waals surface area contributed by atoms with Gasteiger partial charge in [-0.15, -0.1) is 11.3 Å². The first-order valence-corrected chi connectivity index (χ1v) is 8.20. The van der Waals surface area contributed by atoms with Gasteiger partial charge in [0.2, 0.25) is 0 Å². The SMILES string of the molecule is COCCN(C1CC1)S(=O)(=O)c1cc(CN)cs1. The van der Waals surface area contributed by atoms with E-state index in [0.717, 1.165) is 18.4 Å². The zero-order valence-corrected chi connectivity index (χ0v) is 12.0. The Morgan fingerprint density at radius 2 is 2.28 bits per heavy atom. The van der Waals surface area contributed by atoms with Crippen molar-refractivity contribution in [3.63, 3.8) is 0 Å². The number of methoxy groups -OCH3 is 1. The third kappa shape index (κ3) is 2.92. The minimum atomic E-state index is -3.38. The van der Waals surface area contributed by atoms with Gasteiger partial charge in [0.05, 0.1) is 6.61 Å². The fourth-order valence-corrected chi connectivity index (χ4v) is 4.77. The van der Waals surface area contributed by atoms with Crippen LogP contribution in [0.3, 0.4) is 0 Å². The molecule has 1 aliphatic rings. The van der Waals surface area contributed by atoms with Gasteiger partial charge in [0, 0.05) is 26.2 Å². The van der Waals surface area contributed by atoms with Gasteiger partial charge in [-0.25, -0.2) is 8.42 Å². The van der Waals surface area contributed by atoms with E-state index >= 15 is 0 Å². The lowest BCUT2D eigenvalue weighted by atomic mass is 10.4. The highest BCUT2D eigenvalue weighted by Crippen LogP contribution is 2.33. The van der Waals surface area contributed by atoms with Crippen LogP contribution in [0.2, 0.25) is 0 Å². The van der Waals surface area contributed by atoms with Gasteiger partial charge in [0.1, 0.15) is 4.21 Å². The Morgan fingerprint density at radius 3 is 2.78 bits per heavy atom. The molecule has 1 aliphatic carbocycles. The van der Waals surface area contributed by atoms with Crippen molar-refractivity contribution in [1.29, 1.82) is 0 Å². The van der Waals surface area contributed by atoms with E-state index in [2.05, 4.69) is 0 Å². The molecule has 0 amide bonds. The van der Waals surface area contributed by atoms with Crippen LogP contribution in [0.4, 0.5) is 0 Å². The smallest absolute Gasteiger partial charge is 0.252 e. The molecule has 1 heterocycles. The molecule has 2 rings (SSSR count). The number of thiophene rings is 1. The van der Waals surface area contributed by atoms with Crippen LogP contribution < -0.4 is 5.73 Å². The van der Waals surface area contributed by atoms with Crippen LogP contribution in [0.5, 0.6) is 0 Å². The molecule has 0 aromatic carbocycles. The highest BCUT2D eigenvalue weighted by Gasteiger charge is 2.38. The molecular formula is C11H18N2O3S2. The number of ether oxygens (including phenoxy) is 1. The van der Waals surface area contributed by atoms with Crippen molar-refractivity contribution in [3.05, 3.63) is 17.0 Å². The number of rotatable bonds is 7. The molecule has 0 unspecified atom stereocenters. The Bertz CT molecular complexity index is 494. The molecule has 2 N–H and O–H groups in total. The number of nitrogens with zero attached hydrogens (tertiary/aromatic N) is 1. The zero-order valence-electron chi connectivity index (χ0n) is 10.3. The molecule has 0 aliphatic heterocycles. The van der Waals surface area contributed by atoms with E-state index in [0.29, 0.717) is 23.9 Å². The Kier molecular flexibility index (Phi) is 4.39. The van der Waals surface area contributed by atoms with E-state index in [4.69, 9.17) is 10.5 Å². The highest BCUT2D eigenvalue weighted by molar-refractivity contribution is 7.91. The van der Waals surface area contributed by atoms with Crippen molar-refractivity contribution >= 4 is 21.4 Å². The van der Waals surface area contributed by atoms with Crippen molar-refractivity contribution < 1.29 is 13.2 Å². The first-order chi connectivity index (χ1) is 8.59. The molecule has 0 radical (unpaired) electrons. The summed E-state index contributed by atoms with van der Waals surface area (Å²) in [5.41, 5.74) is 6.38. The molecule has 0 saturated heterocycles. The van der Waals surface area contributed by atoms with Crippen molar-refractivity contribution in [3.8, 4) is 0 Å². The molecular weight excluding hydrogens is 272 g/mol. The quantitative estimate of drug-likeness (QED) is 0.813. The number of hydrogen-bond donors (Lipinski definition) is 1. The number of sulfonamides is 1. The molecule has 1 aromatic rings. The summed E-state index contributed by atoms with van der Waals surface area (Å²) in [6.45, 7) is 1.21. The summed E-state index contributed by atoms with van der Waals surface area (Å²) in [5.74, 6) is 0. The van der Waals surface area contributed by atoms with Gasteiger partial charge in [-0.1, -0.05) is 0 Å². The van der Waals surface area contributed by atoms with E-state index in [-0.39, 0.29) is 6.04 Å². The molecule has 18 heavy (non-hydrogen) atoms. The lowest BCUT2D eigenvalue weighted by molar-refractivity contribution is 0.177. The van der Waals surface area contributed by atoms with Crippen LogP contribution in [0.1, 0.15) is 18.4 Å². The first kappa shape index (κ1) is 14.0. The van der Waals surface area contributed by atoms with Gasteiger partial charge in [0.15, 0.2) is 0 Å². The maximum Gasteiger partial charge on any atom is 0.252 e. The van der Waals surface area contributed by atoms with Crippen LogP contribution in [-0.4, -0.2) is 39.0 Å². The van der Waals surface area contributed by atoms with Crippen LogP contribution in [0, 0.1) is 0 Å². The molecule has 7 heteroatoms. The van der Waals surface area contributed by atoms with Gasteiger partial charge in [-0.2, -0.15) is 4.31 Å². The van der Waals surface area contributed by atoms with E-state index in [1.54, 1.807) is 22.9 Å². The molecule has 1 saturated carbocycles. The Balaban J connectivity index is 2.21. The predicted octanol–water partition coefficient (Wildman–Crippen LogP) is 1.01. The summed E-state index contributed by atoms with van der Waals surface area (Å²) in [6.07, 6.45) is 1.89. The summed E-state index contributed by atoms with van der Waals surface area (Å²) in [4.78, 5) is 0. The van der Waals surface area contributed by atoms with Gasteiger partial charge in [-0.05, 0) is 29.9 Å². The first-order valence-electron chi connectivity index (χ1n) is 5.88. The molecule has 0 atom stereocenters. The van der Waals surface area contributed by atoms with Crippen LogP contribution in [-0.2, 0) is 21.3 Å². The lowest BCUT2D eigenvalue weighted by Gasteiger charge is -2.20. The summed E-state index contributed by atoms with van der Waals surface area (Å²) in [5, 5.41) is 1.80. The maximum atomic E-state index is 12.5. The molecule has 0 spiro atoms. The predicted molar refractivity (Wildman–Crippen MR) is 71.0 cm³/mol. The van der Waals surface area contributed by atoms with Crippen LogP contribution in [0.25, 0.3) is 0 Å². The molecule has 5 nitrogen and oxygen atoms in total. The maximum absolute atomic E-state index is 12.5. The molecule has 0 bridgehead atoms. The third-order valence-corrected chi connectivity index (χ3v) is 6.31. The Labute approximate surface area is 112 Å². The number of hydrogen-bond acceptors (Lipinski definition) is 5. The van der Waals surface area contributed by atoms with Crippen molar-refractivity contribution in [2.24, 2.45) is 5.73 Å². The molecule has 1 fully saturated rings. The second kappa shape index (κ2) is 5.66. The zero-order chi connectivity index (χ0) is 13.2. The summed E-state index contributed by atoms with van der Waals surface area (Å²) < 4.78 is 31.9. The minimum absolute atomic E-state index is 0.147.